The van der Waals surface area contributed by atoms with Gasteiger partial charge in [0.05, 0.1) is 28.5 Å². The lowest BCUT2D eigenvalue weighted by Crippen LogP contribution is -2.61. The molecule has 54 heavy (non-hydrogen) atoms. The number of hydrogen-bond donors (Lipinski definition) is 1. The lowest BCUT2D eigenvalue weighted by atomic mass is 9.46. The van der Waals surface area contributed by atoms with Gasteiger partial charge in [-0.25, -0.2) is 4.79 Å². The first kappa shape index (κ1) is 43.0. The first-order valence-electron chi connectivity index (χ1n) is 21.5. The Hall–Kier alpha value is -2.16. The van der Waals surface area contributed by atoms with Crippen molar-refractivity contribution in [3.05, 3.63) is 0 Å². The molecule has 1 heterocycles. The molecule has 9 nitrogen and oxygen atoms in total. The molecule has 9 aliphatic rings. The fraction of sp³-hybridized carbons (Fsp3) is 0.911. The van der Waals surface area contributed by atoms with Gasteiger partial charge in [0.25, 0.3) is 0 Å². The van der Waals surface area contributed by atoms with E-state index in [1.165, 1.54) is 44.9 Å². The van der Waals surface area contributed by atoms with Crippen LogP contribution >= 0.6 is 0 Å². The standard InChI is InChI=1S/C19H32O2.C16H26O3.C10H16O4/c1-6-17(2,3)16(20)21-18(4,5)19-10-13-7-14(11-19)9-15(8-13)12-19;1-4-14(2,3)13(17)19-16-8-11-5-12(9-16)7-15(18,6-11)10-16;1-4-10(2,3)9(12)14-7-5-6-13-8(7)11/h13-15H,6-12H2,1-5H3;11-12,18H,4-10H2,1-3H3;7H,4-6H2,1-3H3. The van der Waals surface area contributed by atoms with Crippen LogP contribution in [-0.2, 0) is 38.1 Å². The minimum Gasteiger partial charge on any atom is -0.463 e. The minimum atomic E-state index is -0.687. The molecule has 3 unspecified atom stereocenters. The monoisotopic (exact) mass is 759 g/mol. The molecule has 0 aromatic rings. The van der Waals surface area contributed by atoms with Gasteiger partial charge in [0, 0.05) is 18.3 Å². The molecule has 1 aliphatic heterocycles. The molecule has 8 bridgehead atoms. The summed E-state index contributed by atoms with van der Waals surface area (Å²) >= 11 is 0. The van der Waals surface area contributed by atoms with Crippen LogP contribution in [0, 0.1) is 51.2 Å². The Morgan fingerprint density at radius 3 is 1.54 bits per heavy atom. The average molecular weight is 759 g/mol. The molecule has 0 amide bonds. The summed E-state index contributed by atoms with van der Waals surface area (Å²) in [6, 6.07) is 0. The van der Waals surface area contributed by atoms with Gasteiger partial charge in [0.2, 0.25) is 6.10 Å². The molecule has 9 fully saturated rings. The Morgan fingerprint density at radius 1 is 0.667 bits per heavy atom. The highest BCUT2D eigenvalue weighted by atomic mass is 16.6. The Kier molecular flexibility index (Phi) is 12.2. The van der Waals surface area contributed by atoms with Crippen LogP contribution in [0.5, 0.6) is 0 Å². The second-order valence-corrected chi connectivity index (χ2v) is 21.4. The number of carbonyl (C=O) groups is 4. The molecule has 9 heteroatoms. The van der Waals surface area contributed by atoms with Crippen LogP contribution in [0.4, 0.5) is 0 Å². The van der Waals surface area contributed by atoms with Gasteiger partial charge < -0.3 is 24.1 Å². The van der Waals surface area contributed by atoms with Gasteiger partial charge in [0.1, 0.15) is 11.2 Å². The fourth-order valence-corrected chi connectivity index (χ4v) is 11.2. The van der Waals surface area contributed by atoms with Crippen molar-refractivity contribution >= 4 is 23.9 Å². The van der Waals surface area contributed by atoms with E-state index in [9.17, 15) is 24.3 Å². The first-order valence-corrected chi connectivity index (χ1v) is 21.5. The molecular formula is C45H74O9. The van der Waals surface area contributed by atoms with Gasteiger partial charge in [-0.2, -0.15) is 0 Å². The molecule has 0 aromatic carbocycles. The van der Waals surface area contributed by atoms with Crippen LogP contribution < -0.4 is 0 Å². The van der Waals surface area contributed by atoms with Gasteiger partial charge in [-0.05, 0) is 175 Å². The van der Waals surface area contributed by atoms with Crippen molar-refractivity contribution in [2.45, 2.75) is 202 Å². The van der Waals surface area contributed by atoms with Gasteiger partial charge in [0.15, 0.2) is 0 Å². The summed E-state index contributed by atoms with van der Waals surface area (Å²) in [5.74, 6) is 2.96. The molecule has 1 saturated heterocycles. The normalized spacial score (nSPS) is 36.3. The maximum atomic E-state index is 12.6. The van der Waals surface area contributed by atoms with Gasteiger partial charge in [-0.15, -0.1) is 0 Å². The lowest BCUT2D eigenvalue weighted by Gasteiger charge is -2.61. The van der Waals surface area contributed by atoms with Gasteiger partial charge >= 0.3 is 23.9 Å². The zero-order valence-electron chi connectivity index (χ0n) is 35.7. The number of carbonyl (C=O) groups excluding carboxylic acids is 4. The highest BCUT2D eigenvalue weighted by Gasteiger charge is 2.60. The largest absolute Gasteiger partial charge is 0.463 e. The molecular weight excluding hydrogens is 684 g/mol. The van der Waals surface area contributed by atoms with Crippen LogP contribution in [0.1, 0.15) is 179 Å². The van der Waals surface area contributed by atoms with Crippen LogP contribution in [0.15, 0.2) is 0 Å². The average Bonchev–Trinajstić information content (AvgIpc) is 3.46. The predicted molar refractivity (Wildman–Crippen MR) is 207 cm³/mol. The van der Waals surface area contributed by atoms with E-state index in [2.05, 4.69) is 20.8 Å². The zero-order valence-corrected chi connectivity index (χ0v) is 35.7. The quantitative estimate of drug-likeness (QED) is 0.171. The highest BCUT2D eigenvalue weighted by Crippen LogP contribution is 2.64. The third kappa shape index (κ3) is 9.01. The Morgan fingerprint density at radius 2 is 1.11 bits per heavy atom. The summed E-state index contributed by atoms with van der Waals surface area (Å²) in [5, 5.41) is 10.6. The molecule has 0 aromatic heterocycles. The second kappa shape index (κ2) is 15.3. The van der Waals surface area contributed by atoms with Gasteiger partial charge in [-0.1, -0.05) is 20.8 Å². The zero-order chi connectivity index (χ0) is 40.1. The lowest BCUT2D eigenvalue weighted by molar-refractivity contribution is -0.225. The highest BCUT2D eigenvalue weighted by molar-refractivity contribution is 5.82. The summed E-state index contributed by atoms with van der Waals surface area (Å²) in [6.45, 7) is 22.2. The van der Waals surface area contributed by atoms with E-state index >= 15 is 0 Å². The molecule has 0 radical (unpaired) electrons. The van der Waals surface area contributed by atoms with Crippen LogP contribution in [-0.4, -0.2) is 58.5 Å². The maximum absolute atomic E-state index is 12.6. The van der Waals surface area contributed by atoms with E-state index in [-0.39, 0.29) is 39.9 Å². The number of cyclic esters (lactones) is 1. The Balaban J connectivity index is 0.000000159. The third-order valence-corrected chi connectivity index (χ3v) is 15.4. The minimum absolute atomic E-state index is 0.00857. The number of hydrogen-bond acceptors (Lipinski definition) is 9. The smallest absolute Gasteiger partial charge is 0.347 e. The van der Waals surface area contributed by atoms with Gasteiger partial charge in [-0.3, -0.25) is 14.4 Å². The molecule has 1 N–H and O–H groups in total. The van der Waals surface area contributed by atoms with Crippen LogP contribution in [0.3, 0.4) is 0 Å². The molecule has 0 spiro atoms. The van der Waals surface area contributed by atoms with Crippen LogP contribution in [0.2, 0.25) is 0 Å². The second-order valence-electron chi connectivity index (χ2n) is 21.4. The molecule has 308 valence electrons. The summed E-state index contributed by atoms with van der Waals surface area (Å²) < 4.78 is 21.9. The van der Waals surface area contributed by atoms with E-state index in [0.717, 1.165) is 56.3 Å². The predicted octanol–water partition coefficient (Wildman–Crippen LogP) is 9.29. The number of rotatable bonds is 10. The number of ether oxygens (including phenoxy) is 4. The van der Waals surface area contributed by atoms with Crippen molar-refractivity contribution in [1.82, 2.24) is 0 Å². The van der Waals surface area contributed by atoms with E-state index in [1.54, 1.807) is 13.8 Å². The molecule has 3 atom stereocenters. The van der Waals surface area contributed by atoms with E-state index < -0.39 is 28.5 Å². The van der Waals surface area contributed by atoms with Crippen molar-refractivity contribution in [2.24, 2.45) is 51.2 Å². The Bertz CT molecular complexity index is 1360. The van der Waals surface area contributed by atoms with Crippen molar-refractivity contribution in [3.63, 3.8) is 0 Å². The van der Waals surface area contributed by atoms with E-state index in [0.29, 0.717) is 37.7 Å². The molecule has 9 rings (SSSR count). The molecule has 8 aliphatic carbocycles. The fourth-order valence-electron chi connectivity index (χ4n) is 11.2. The van der Waals surface area contributed by atoms with Crippen LogP contribution in [0.25, 0.3) is 0 Å². The van der Waals surface area contributed by atoms with Crippen molar-refractivity contribution < 1.29 is 43.2 Å². The topological polar surface area (TPSA) is 125 Å². The number of aliphatic hydroxyl groups is 1. The van der Waals surface area contributed by atoms with E-state index in [4.69, 9.17) is 18.9 Å². The summed E-state index contributed by atoms with van der Waals surface area (Å²) in [6.07, 6.45) is 15.9. The summed E-state index contributed by atoms with van der Waals surface area (Å²) in [7, 11) is 0. The summed E-state index contributed by atoms with van der Waals surface area (Å²) in [5.41, 5.74) is -2.27. The van der Waals surface area contributed by atoms with E-state index in [1.807, 2.05) is 41.5 Å². The maximum Gasteiger partial charge on any atom is 0.347 e. The SMILES string of the molecule is CCC(C)(C)C(=O)OC(C)(C)C12CC3CC(CC(C3)C1)C2.CCC(C)(C)C(=O)OC12CC3CC(CC(O)(C3)C1)C2.CCC(C)(C)C(=O)OC1CCOC1=O. The Labute approximate surface area is 326 Å². The van der Waals surface area contributed by atoms with Crippen molar-refractivity contribution in [3.8, 4) is 0 Å². The van der Waals surface area contributed by atoms with Crippen molar-refractivity contribution in [1.29, 1.82) is 0 Å². The summed E-state index contributed by atoms with van der Waals surface area (Å²) in [4.78, 5) is 47.6. The third-order valence-electron chi connectivity index (χ3n) is 15.4. The number of esters is 4. The molecule has 8 saturated carbocycles. The van der Waals surface area contributed by atoms with Crippen molar-refractivity contribution in [2.75, 3.05) is 6.61 Å². The first-order chi connectivity index (χ1) is 24.9.